The number of carbonyl (C=O) groups is 1. The average Bonchev–Trinajstić information content (AvgIpc) is 2.27. The summed E-state index contributed by atoms with van der Waals surface area (Å²) in [5.41, 5.74) is 0. The lowest BCUT2D eigenvalue weighted by Gasteiger charge is -2.29. The number of carbonyl (C=O) groups excluding carboxylic acids is 1. The van der Waals surface area contributed by atoms with Crippen LogP contribution in [0.15, 0.2) is 0 Å². The summed E-state index contributed by atoms with van der Waals surface area (Å²) in [5, 5.41) is 3.17. The van der Waals surface area contributed by atoms with Gasteiger partial charge in [-0.25, -0.2) is 4.79 Å². The number of nitrogens with zero attached hydrogens (tertiary/aromatic N) is 1. The molecule has 0 aromatic rings. The Morgan fingerprint density at radius 3 is 2.91 bits per heavy atom. The molecule has 2 aliphatic rings. The monoisotopic (exact) mass is 156 g/mol. The summed E-state index contributed by atoms with van der Waals surface area (Å²) >= 11 is 0. The summed E-state index contributed by atoms with van der Waals surface area (Å²) in [6, 6.07) is 0. The van der Waals surface area contributed by atoms with Crippen molar-refractivity contribution in [3.8, 4) is 0 Å². The maximum Gasteiger partial charge on any atom is 0.409 e. The van der Waals surface area contributed by atoms with Crippen molar-refractivity contribution in [3.63, 3.8) is 0 Å². The Labute approximate surface area is 65.5 Å². The highest BCUT2D eigenvalue weighted by Gasteiger charge is 2.27. The minimum Gasteiger partial charge on any atom is -0.448 e. The molecule has 0 atom stereocenters. The molecule has 0 radical (unpaired) electrons. The predicted octanol–water partition coefficient (Wildman–Crippen LogP) is -0.342. The molecule has 0 saturated carbocycles. The zero-order valence-corrected chi connectivity index (χ0v) is 6.38. The average molecular weight is 156 g/mol. The molecule has 4 heteroatoms. The van der Waals surface area contributed by atoms with E-state index in [1.54, 1.807) is 4.90 Å². The van der Waals surface area contributed by atoms with E-state index in [1.807, 2.05) is 0 Å². The lowest BCUT2D eigenvalue weighted by atomic mass is 10.0. The predicted molar refractivity (Wildman–Crippen MR) is 39.3 cm³/mol. The fraction of sp³-hybridized carbons (Fsp3) is 0.857. The van der Waals surface area contributed by atoms with Gasteiger partial charge in [0.05, 0.1) is 6.54 Å². The number of nitrogens with one attached hydrogen (secondary N) is 1. The van der Waals surface area contributed by atoms with Gasteiger partial charge in [0.15, 0.2) is 0 Å². The summed E-state index contributed by atoms with van der Waals surface area (Å²) in [4.78, 5) is 12.7. The molecule has 0 bridgehead atoms. The van der Waals surface area contributed by atoms with Gasteiger partial charge in [-0.15, -0.1) is 0 Å². The summed E-state index contributed by atoms with van der Waals surface area (Å²) in [5.74, 6) is 0.653. The van der Waals surface area contributed by atoms with Gasteiger partial charge in [0.1, 0.15) is 6.61 Å². The smallest absolute Gasteiger partial charge is 0.409 e. The van der Waals surface area contributed by atoms with Crippen LogP contribution in [0.4, 0.5) is 4.79 Å². The normalized spacial score (nSPS) is 25.1. The van der Waals surface area contributed by atoms with Gasteiger partial charge in [-0.05, 0) is 0 Å². The molecule has 2 aliphatic heterocycles. The number of hydrogen-bond acceptors (Lipinski definition) is 3. The van der Waals surface area contributed by atoms with Gasteiger partial charge in [-0.2, -0.15) is 0 Å². The molecule has 62 valence electrons. The quantitative estimate of drug-likeness (QED) is 0.594. The Morgan fingerprint density at radius 1 is 1.64 bits per heavy atom. The van der Waals surface area contributed by atoms with Gasteiger partial charge in [0.25, 0.3) is 0 Å². The fourth-order valence-electron chi connectivity index (χ4n) is 1.38. The SMILES string of the molecule is O=C1OCCN1CC1CNC1. The minimum atomic E-state index is -0.142. The Bertz CT molecular complexity index is 168. The van der Waals surface area contributed by atoms with Crippen LogP contribution in [0.1, 0.15) is 0 Å². The minimum absolute atomic E-state index is 0.142. The summed E-state index contributed by atoms with van der Waals surface area (Å²) in [6.07, 6.45) is -0.142. The molecular weight excluding hydrogens is 144 g/mol. The van der Waals surface area contributed by atoms with E-state index in [1.165, 1.54) is 0 Å². The standard InChI is InChI=1S/C7H12N2O2/c10-7-9(1-2-11-7)5-6-3-8-4-6/h6,8H,1-5H2. The first-order valence-electron chi connectivity index (χ1n) is 3.98. The van der Waals surface area contributed by atoms with Crippen LogP contribution in [0.5, 0.6) is 0 Å². The van der Waals surface area contributed by atoms with Gasteiger partial charge < -0.3 is 15.0 Å². The van der Waals surface area contributed by atoms with Crippen LogP contribution in [0.25, 0.3) is 0 Å². The molecule has 2 saturated heterocycles. The van der Waals surface area contributed by atoms with Gasteiger partial charge in [-0.3, -0.25) is 0 Å². The molecule has 0 spiro atoms. The van der Waals surface area contributed by atoms with Gasteiger partial charge in [-0.1, -0.05) is 0 Å². The maximum atomic E-state index is 10.9. The van der Waals surface area contributed by atoms with Crippen molar-refractivity contribution in [3.05, 3.63) is 0 Å². The number of hydrogen-bond donors (Lipinski definition) is 1. The van der Waals surface area contributed by atoms with Crippen LogP contribution in [-0.2, 0) is 4.74 Å². The van der Waals surface area contributed by atoms with Crippen molar-refractivity contribution in [2.45, 2.75) is 0 Å². The molecule has 0 aliphatic carbocycles. The molecule has 1 amide bonds. The van der Waals surface area contributed by atoms with Gasteiger partial charge in [0, 0.05) is 25.6 Å². The molecule has 2 rings (SSSR count). The first kappa shape index (κ1) is 6.91. The van der Waals surface area contributed by atoms with Crippen molar-refractivity contribution in [2.75, 3.05) is 32.8 Å². The molecule has 0 aromatic carbocycles. The third-order valence-corrected chi connectivity index (χ3v) is 2.19. The second kappa shape index (κ2) is 2.70. The lowest BCUT2D eigenvalue weighted by molar-refractivity contribution is 0.149. The molecule has 11 heavy (non-hydrogen) atoms. The van der Waals surface area contributed by atoms with Crippen molar-refractivity contribution in [2.24, 2.45) is 5.92 Å². The Hall–Kier alpha value is -0.770. The van der Waals surface area contributed by atoms with E-state index in [0.717, 1.165) is 26.2 Å². The van der Waals surface area contributed by atoms with Gasteiger partial charge in [0.2, 0.25) is 0 Å². The molecule has 2 fully saturated rings. The maximum absolute atomic E-state index is 10.9. The third kappa shape index (κ3) is 1.30. The van der Waals surface area contributed by atoms with Crippen molar-refractivity contribution < 1.29 is 9.53 Å². The largest absolute Gasteiger partial charge is 0.448 e. The third-order valence-electron chi connectivity index (χ3n) is 2.19. The first-order valence-corrected chi connectivity index (χ1v) is 3.98. The van der Waals surface area contributed by atoms with Crippen LogP contribution >= 0.6 is 0 Å². The molecule has 1 N–H and O–H groups in total. The summed E-state index contributed by atoms with van der Waals surface area (Å²) < 4.78 is 4.80. The van der Waals surface area contributed by atoms with Crippen molar-refractivity contribution >= 4 is 6.09 Å². The Morgan fingerprint density at radius 2 is 2.45 bits per heavy atom. The fourth-order valence-corrected chi connectivity index (χ4v) is 1.38. The number of amides is 1. The summed E-state index contributed by atoms with van der Waals surface area (Å²) in [7, 11) is 0. The highest BCUT2D eigenvalue weighted by Crippen LogP contribution is 2.10. The molecule has 4 nitrogen and oxygen atoms in total. The molecule has 0 unspecified atom stereocenters. The van der Waals surface area contributed by atoms with Crippen molar-refractivity contribution in [1.29, 1.82) is 0 Å². The Balaban J connectivity index is 1.80. The second-order valence-electron chi connectivity index (χ2n) is 3.08. The summed E-state index contributed by atoms with van der Waals surface area (Å²) in [6.45, 7) is 4.30. The zero-order valence-electron chi connectivity index (χ0n) is 6.38. The van der Waals surface area contributed by atoms with Crippen LogP contribution in [0, 0.1) is 5.92 Å². The van der Waals surface area contributed by atoms with Crippen LogP contribution in [-0.4, -0.2) is 43.8 Å². The van der Waals surface area contributed by atoms with E-state index >= 15 is 0 Å². The van der Waals surface area contributed by atoms with E-state index in [0.29, 0.717) is 12.5 Å². The van der Waals surface area contributed by atoms with E-state index in [9.17, 15) is 4.79 Å². The molecule has 2 heterocycles. The number of cyclic esters (lactones) is 1. The highest BCUT2D eigenvalue weighted by molar-refractivity contribution is 5.69. The zero-order chi connectivity index (χ0) is 7.68. The number of rotatable bonds is 2. The Kier molecular flexibility index (Phi) is 1.69. The van der Waals surface area contributed by atoms with Crippen molar-refractivity contribution in [1.82, 2.24) is 10.2 Å². The van der Waals surface area contributed by atoms with E-state index in [2.05, 4.69) is 5.32 Å². The van der Waals surface area contributed by atoms with E-state index in [4.69, 9.17) is 4.74 Å². The van der Waals surface area contributed by atoms with E-state index in [-0.39, 0.29) is 6.09 Å². The molecular formula is C7H12N2O2. The second-order valence-corrected chi connectivity index (χ2v) is 3.08. The lowest BCUT2D eigenvalue weighted by Crippen LogP contribution is -2.48. The van der Waals surface area contributed by atoms with Crippen LogP contribution < -0.4 is 5.32 Å². The molecule has 0 aromatic heterocycles. The van der Waals surface area contributed by atoms with E-state index < -0.39 is 0 Å². The van der Waals surface area contributed by atoms with Crippen LogP contribution in [0.2, 0.25) is 0 Å². The van der Waals surface area contributed by atoms with Gasteiger partial charge >= 0.3 is 6.09 Å². The first-order chi connectivity index (χ1) is 5.36. The number of ether oxygens (including phenoxy) is 1. The topological polar surface area (TPSA) is 41.6 Å². The van der Waals surface area contributed by atoms with Crippen LogP contribution in [0.3, 0.4) is 0 Å². The highest BCUT2D eigenvalue weighted by atomic mass is 16.6.